The van der Waals surface area contributed by atoms with Crippen molar-refractivity contribution in [3.63, 3.8) is 0 Å². The molecule has 0 saturated carbocycles. The Balaban J connectivity index is 1.74. The highest BCUT2D eigenvalue weighted by molar-refractivity contribution is 5.98. The normalized spacial score (nSPS) is 15.9. The van der Waals surface area contributed by atoms with Gasteiger partial charge in [0.1, 0.15) is 25.1 Å². The number of fused-ring (bicyclic) bond motifs is 4. The number of hydrogen-bond donors (Lipinski definition) is 1. The smallest absolute Gasteiger partial charge is 0.336 e. The summed E-state index contributed by atoms with van der Waals surface area (Å²) in [6.07, 6.45) is 1.96. The van der Waals surface area contributed by atoms with Crippen molar-refractivity contribution in [2.75, 3.05) is 32.1 Å². The molecule has 0 atom stereocenters. The number of benzene rings is 3. The van der Waals surface area contributed by atoms with Crippen LogP contribution in [0.1, 0.15) is 32.6 Å². The van der Waals surface area contributed by atoms with Crippen LogP contribution < -0.4 is 24.8 Å². The minimum absolute atomic E-state index is 0.312. The molecule has 3 aromatic rings. The number of likely N-dealkylation sites (N-methyl/N-ethyl adjacent to an activating group) is 2. The molecule has 3 aromatic carbocycles. The number of nitrogens with zero attached hydrogens (tertiary/aromatic N) is 2. The van der Waals surface area contributed by atoms with Crippen LogP contribution in [-0.4, -0.2) is 38.3 Å². The predicted molar refractivity (Wildman–Crippen MR) is 120 cm³/mol. The lowest BCUT2D eigenvalue weighted by Gasteiger charge is -2.24. The largest absolute Gasteiger partial charge is 0.478 e. The molecule has 0 unspecified atom stereocenters. The van der Waals surface area contributed by atoms with E-state index in [1.54, 1.807) is 12.1 Å². The highest BCUT2D eigenvalue weighted by Crippen LogP contribution is 2.42. The van der Waals surface area contributed by atoms with Crippen LogP contribution in [0.4, 0.5) is 5.69 Å². The average molecular weight is 411 g/mol. The van der Waals surface area contributed by atoms with Crippen molar-refractivity contribution in [1.82, 2.24) is 4.58 Å². The first-order valence-corrected chi connectivity index (χ1v) is 10.7. The monoisotopic (exact) mass is 411 g/mol. The van der Waals surface area contributed by atoms with Crippen molar-refractivity contribution < 1.29 is 14.6 Å². The number of carbonyl (C=O) groups is 1. The third-order valence-electron chi connectivity index (χ3n) is 6.80. The van der Waals surface area contributed by atoms with Gasteiger partial charge in [0, 0.05) is 53.7 Å². The summed E-state index contributed by atoms with van der Waals surface area (Å²) in [5, 5.41) is 12.1. The summed E-state index contributed by atoms with van der Waals surface area (Å²) in [5.74, 6) is 0.658. The fourth-order valence-corrected chi connectivity index (χ4v) is 5.16. The zero-order valence-electron chi connectivity index (χ0n) is 17.6. The maximum atomic E-state index is 12.1. The minimum atomic E-state index is -0.917. The summed E-state index contributed by atoms with van der Waals surface area (Å²) < 4.78 is 8.70. The van der Waals surface area contributed by atoms with Crippen LogP contribution in [0, 0.1) is 0 Å². The van der Waals surface area contributed by atoms with Gasteiger partial charge in [0.2, 0.25) is 5.36 Å². The summed E-state index contributed by atoms with van der Waals surface area (Å²) in [4.78, 5) is 14.3. The molecule has 0 aromatic heterocycles. The summed E-state index contributed by atoms with van der Waals surface area (Å²) in [6, 6.07) is 15.9. The maximum absolute atomic E-state index is 12.1. The second-order valence-corrected chi connectivity index (χ2v) is 8.63. The Labute approximate surface area is 180 Å². The van der Waals surface area contributed by atoms with Gasteiger partial charge in [-0.25, -0.2) is 9.37 Å². The van der Waals surface area contributed by atoms with Crippen LogP contribution >= 0.6 is 0 Å². The Morgan fingerprint density at radius 1 is 1.03 bits per heavy atom. The van der Waals surface area contributed by atoms with E-state index in [9.17, 15) is 9.90 Å². The third kappa shape index (κ3) is 2.62. The molecule has 6 rings (SSSR count). The van der Waals surface area contributed by atoms with Crippen molar-refractivity contribution in [2.24, 2.45) is 0 Å². The highest BCUT2D eigenvalue weighted by Gasteiger charge is 2.29. The van der Waals surface area contributed by atoms with Crippen molar-refractivity contribution in [2.45, 2.75) is 12.8 Å². The number of aromatic carboxylic acids is 1. The van der Waals surface area contributed by atoms with E-state index < -0.39 is 5.97 Å². The number of ether oxygens (including phenoxy) is 1. The molecule has 0 amide bonds. The highest BCUT2D eigenvalue weighted by atomic mass is 16.5. The molecule has 3 heterocycles. The second kappa shape index (κ2) is 6.45. The van der Waals surface area contributed by atoms with E-state index in [0.717, 1.165) is 59.3 Å². The molecule has 1 N–H and O–H groups in total. The first-order chi connectivity index (χ1) is 15.0. The fraction of sp³-hybridized carbons (Fsp3) is 0.231. The number of rotatable bonds is 2. The summed E-state index contributed by atoms with van der Waals surface area (Å²) in [6.45, 7) is 1.95. The molecule has 3 aliphatic heterocycles. The van der Waals surface area contributed by atoms with Gasteiger partial charge < -0.3 is 14.7 Å². The lowest BCUT2D eigenvalue weighted by atomic mass is 9.88. The number of carboxylic acids is 1. The van der Waals surface area contributed by atoms with Gasteiger partial charge in [0.15, 0.2) is 0 Å². The van der Waals surface area contributed by atoms with Crippen LogP contribution in [0.15, 0.2) is 48.5 Å². The van der Waals surface area contributed by atoms with Gasteiger partial charge in [0.05, 0.1) is 11.6 Å². The van der Waals surface area contributed by atoms with Gasteiger partial charge in [-0.05, 0) is 35.7 Å². The molecule has 5 nitrogen and oxygen atoms in total. The molecule has 3 aliphatic rings. The third-order valence-corrected chi connectivity index (χ3v) is 6.80. The summed E-state index contributed by atoms with van der Waals surface area (Å²) in [7, 11) is 4.20. The van der Waals surface area contributed by atoms with Gasteiger partial charge in [-0.1, -0.05) is 18.2 Å². The first kappa shape index (κ1) is 18.2. The van der Waals surface area contributed by atoms with Crippen LogP contribution in [0.5, 0.6) is 11.5 Å². The fourth-order valence-electron chi connectivity index (χ4n) is 5.16. The summed E-state index contributed by atoms with van der Waals surface area (Å²) in [5.41, 5.74) is 6.71. The van der Waals surface area contributed by atoms with Crippen molar-refractivity contribution >= 4 is 17.2 Å². The van der Waals surface area contributed by atoms with E-state index in [2.05, 4.69) is 47.8 Å². The lowest BCUT2D eigenvalue weighted by Crippen LogP contribution is -2.26. The standard InChI is InChI=1S/C26H22N2O3/c1-27-9-7-15-11-19-23(13-21(15)27)31-24-14-22-16(8-10-28(22)2)12-20(24)25(19)17-5-3-4-6-18(17)26(29)30/h3-6,11-14H,7-10H2,1-2H3/p+1. The van der Waals surface area contributed by atoms with Crippen molar-refractivity contribution in [3.05, 3.63) is 86.9 Å². The van der Waals surface area contributed by atoms with Crippen LogP contribution in [-0.2, 0) is 12.8 Å². The molecule has 5 heteroatoms. The Hall–Kier alpha value is -3.60. The van der Waals surface area contributed by atoms with Gasteiger partial charge in [-0.15, -0.1) is 0 Å². The zero-order valence-corrected chi connectivity index (χ0v) is 17.6. The molecule has 31 heavy (non-hydrogen) atoms. The van der Waals surface area contributed by atoms with Crippen LogP contribution in [0.25, 0.3) is 5.57 Å². The number of hydrogen-bond acceptors (Lipinski definition) is 3. The quantitative estimate of drug-likeness (QED) is 0.515. The topological polar surface area (TPSA) is 52.8 Å². The molecule has 0 fully saturated rings. The van der Waals surface area contributed by atoms with Gasteiger partial charge in [-0.3, -0.25) is 0 Å². The number of carboxylic acid groups (broad SMARTS) is 1. The minimum Gasteiger partial charge on any atom is -0.478 e. The second-order valence-electron chi connectivity index (χ2n) is 8.63. The van der Waals surface area contributed by atoms with E-state index in [0.29, 0.717) is 5.56 Å². The van der Waals surface area contributed by atoms with Crippen LogP contribution in [0.3, 0.4) is 0 Å². The van der Waals surface area contributed by atoms with Crippen LogP contribution in [0.2, 0.25) is 0 Å². The molecule has 0 radical (unpaired) electrons. The zero-order chi connectivity index (χ0) is 21.3. The first-order valence-electron chi connectivity index (χ1n) is 10.7. The molecule has 154 valence electrons. The number of anilines is 1. The lowest BCUT2D eigenvalue weighted by molar-refractivity contribution is 0.0696. The van der Waals surface area contributed by atoms with E-state index in [-0.39, 0.29) is 0 Å². The predicted octanol–water partition coefficient (Wildman–Crippen LogP) is 2.41. The Bertz CT molecular complexity index is 1420. The van der Waals surface area contributed by atoms with Crippen molar-refractivity contribution in [1.29, 1.82) is 0 Å². The Morgan fingerprint density at radius 3 is 2.71 bits per heavy atom. The van der Waals surface area contributed by atoms with Gasteiger partial charge >= 0.3 is 5.97 Å². The summed E-state index contributed by atoms with van der Waals surface area (Å²) >= 11 is 0. The molecule has 0 spiro atoms. The molecular weight excluding hydrogens is 388 g/mol. The molecule has 0 aliphatic carbocycles. The molecule has 0 saturated heterocycles. The molecular formula is C26H23N2O3+. The SMILES string of the molecule is CN1CCc2cc3c(cc21)Oc1cc2c(cc1=C3c1ccccc1C(=O)O)CC[N+]=2C. The van der Waals surface area contributed by atoms with E-state index in [4.69, 9.17) is 4.74 Å². The van der Waals surface area contributed by atoms with Crippen molar-refractivity contribution in [3.8, 4) is 11.5 Å². The van der Waals surface area contributed by atoms with E-state index in [1.807, 2.05) is 12.1 Å². The maximum Gasteiger partial charge on any atom is 0.336 e. The Morgan fingerprint density at radius 2 is 1.87 bits per heavy atom. The average Bonchev–Trinajstić information content (AvgIpc) is 3.31. The van der Waals surface area contributed by atoms with E-state index in [1.165, 1.54) is 22.2 Å². The molecule has 0 bridgehead atoms. The van der Waals surface area contributed by atoms with E-state index >= 15 is 0 Å². The Kier molecular flexibility index (Phi) is 3.78. The van der Waals surface area contributed by atoms with Gasteiger partial charge in [-0.2, -0.15) is 0 Å². The van der Waals surface area contributed by atoms with Gasteiger partial charge in [0.25, 0.3) is 0 Å².